The second kappa shape index (κ2) is 4.42. The molecule has 0 aliphatic carbocycles. The third kappa shape index (κ3) is 1.69. The number of benzene rings is 1. The van der Waals surface area contributed by atoms with Crippen LogP contribution < -0.4 is 15.2 Å². The van der Waals surface area contributed by atoms with Crippen LogP contribution in [-0.4, -0.2) is 30.8 Å². The quantitative estimate of drug-likeness (QED) is 0.850. The van der Waals surface area contributed by atoms with E-state index in [9.17, 15) is 9.90 Å². The molecule has 1 aromatic rings. The normalized spacial score (nSPS) is 17.4. The molecule has 0 amide bonds. The van der Waals surface area contributed by atoms with Crippen LogP contribution in [0.25, 0.3) is 0 Å². The summed E-state index contributed by atoms with van der Waals surface area (Å²) in [4.78, 5) is 11.4. The third-order valence-electron chi connectivity index (χ3n) is 3.99. The zero-order chi connectivity index (χ0) is 13.6. The number of hydrogen-bond donors (Lipinski definition) is 2. The number of carbonyl (C=O) groups is 1. The van der Waals surface area contributed by atoms with Gasteiger partial charge in [0.2, 0.25) is 0 Å². The van der Waals surface area contributed by atoms with Gasteiger partial charge < -0.3 is 20.3 Å². The molecule has 2 heterocycles. The molecule has 5 heteroatoms. The van der Waals surface area contributed by atoms with Crippen LogP contribution in [0.3, 0.4) is 0 Å². The first-order valence-electron chi connectivity index (χ1n) is 6.51. The molecule has 1 unspecified atom stereocenters. The number of hydrogen-bond acceptors (Lipinski definition) is 4. The lowest BCUT2D eigenvalue weighted by molar-refractivity contribution is -0.138. The van der Waals surface area contributed by atoms with E-state index in [0.717, 1.165) is 46.6 Å². The lowest BCUT2D eigenvalue weighted by Gasteiger charge is -2.19. The van der Waals surface area contributed by atoms with E-state index in [2.05, 4.69) is 0 Å². The largest absolute Gasteiger partial charge is 0.493 e. The van der Waals surface area contributed by atoms with Crippen LogP contribution in [-0.2, 0) is 17.6 Å². The topological polar surface area (TPSA) is 81.8 Å². The van der Waals surface area contributed by atoms with E-state index >= 15 is 0 Å². The molecule has 0 saturated carbocycles. The molecule has 3 N–H and O–H groups in total. The Morgan fingerprint density at radius 3 is 2.53 bits per heavy atom. The lowest BCUT2D eigenvalue weighted by atomic mass is 9.87. The Morgan fingerprint density at radius 2 is 1.89 bits per heavy atom. The van der Waals surface area contributed by atoms with Gasteiger partial charge in [-0.1, -0.05) is 0 Å². The van der Waals surface area contributed by atoms with E-state index in [1.807, 2.05) is 6.92 Å². The van der Waals surface area contributed by atoms with Crippen molar-refractivity contribution < 1.29 is 19.4 Å². The van der Waals surface area contributed by atoms with Crippen LogP contribution in [0.1, 0.15) is 28.2 Å². The molecule has 2 aliphatic rings. The highest BCUT2D eigenvalue weighted by atomic mass is 16.5. The van der Waals surface area contributed by atoms with Crippen LogP contribution >= 0.6 is 0 Å². The smallest absolute Gasteiger partial charge is 0.312 e. The highest BCUT2D eigenvalue weighted by molar-refractivity contribution is 5.80. The van der Waals surface area contributed by atoms with Crippen LogP contribution in [0.4, 0.5) is 0 Å². The average molecular weight is 263 g/mol. The average Bonchev–Trinajstić information content (AvgIpc) is 3.02. The summed E-state index contributed by atoms with van der Waals surface area (Å²) in [5, 5.41) is 9.38. The molecule has 19 heavy (non-hydrogen) atoms. The number of nitrogens with two attached hydrogens (primary N) is 1. The van der Waals surface area contributed by atoms with Crippen molar-refractivity contribution in [2.24, 2.45) is 5.73 Å². The minimum Gasteiger partial charge on any atom is -0.493 e. The minimum atomic E-state index is -0.904. The van der Waals surface area contributed by atoms with Crippen molar-refractivity contribution in [3.63, 3.8) is 0 Å². The molecule has 0 bridgehead atoms. The summed E-state index contributed by atoms with van der Waals surface area (Å²) in [6, 6.07) is 0. The van der Waals surface area contributed by atoms with Crippen molar-refractivity contribution in [1.29, 1.82) is 0 Å². The summed E-state index contributed by atoms with van der Waals surface area (Å²) >= 11 is 0. The van der Waals surface area contributed by atoms with Gasteiger partial charge in [-0.25, -0.2) is 0 Å². The number of rotatable bonds is 3. The first kappa shape index (κ1) is 12.3. The van der Waals surface area contributed by atoms with E-state index in [4.69, 9.17) is 15.2 Å². The molecule has 0 spiro atoms. The van der Waals surface area contributed by atoms with Crippen molar-refractivity contribution >= 4 is 5.97 Å². The molecular formula is C14H17NO4. The molecule has 0 aromatic heterocycles. The number of carboxylic acids is 1. The Labute approximate surface area is 111 Å². The van der Waals surface area contributed by atoms with E-state index in [-0.39, 0.29) is 6.54 Å². The van der Waals surface area contributed by atoms with E-state index in [1.54, 1.807) is 0 Å². The van der Waals surface area contributed by atoms with Crippen molar-refractivity contribution in [2.45, 2.75) is 25.7 Å². The zero-order valence-electron chi connectivity index (χ0n) is 10.9. The first-order chi connectivity index (χ1) is 9.15. The maximum Gasteiger partial charge on any atom is 0.312 e. The van der Waals surface area contributed by atoms with Crippen molar-refractivity contribution in [3.8, 4) is 11.5 Å². The van der Waals surface area contributed by atoms with Gasteiger partial charge in [0.25, 0.3) is 0 Å². The van der Waals surface area contributed by atoms with Gasteiger partial charge in [0, 0.05) is 36.1 Å². The Kier molecular flexibility index (Phi) is 2.86. The fourth-order valence-electron chi connectivity index (χ4n) is 3.09. The molecule has 3 rings (SSSR count). The van der Waals surface area contributed by atoms with E-state index < -0.39 is 11.9 Å². The first-order valence-corrected chi connectivity index (χ1v) is 6.51. The van der Waals surface area contributed by atoms with Crippen molar-refractivity contribution in [2.75, 3.05) is 19.8 Å². The van der Waals surface area contributed by atoms with Gasteiger partial charge in [-0.05, 0) is 12.5 Å². The van der Waals surface area contributed by atoms with Gasteiger partial charge in [-0.15, -0.1) is 0 Å². The number of carboxylic acid groups (broad SMARTS) is 1. The molecule has 2 aliphatic heterocycles. The number of fused-ring (bicyclic) bond motifs is 2. The van der Waals surface area contributed by atoms with Gasteiger partial charge in [0.05, 0.1) is 19.1 Å². The van der Waals surface area contributed by atoms with Gasteiger partial charge in [-0.2, -0.15) is 0 Å². The highest BCUT2D eigenvalue weighted by Gasteiger charge is 2.35. The zero-order valence-corrected chi connectivity index (χ0v) is 10.9. The number of aliphatic carboxylic acids is 1. The SMILES string of the molecule is Cc1c2c(c(C(CN)C(=O)O)c3c1OCC3)OCC2. The van der Waals surface area contributed by atoms with E-state index in [1.165, 1.54) is 0 Å². The Hall–Kier alpha value is -1.75. The van der Waals surface area contributed by atoms with Crippen LogP contribution in [0, 0.1) is 6.92 Å². The molecule has 1 atom stereocenters. The molecule has 1 aromatic carbocycles. The maximum absolute atomic E-state index is 11.4. The third-order valence-corrected chi connectivity index (χ3v) is 3.99. The fourth-order valence-corrected chi connectivity index (χ4v) is 3.09. The van der Waals surface area contributed by atoms with Crippen molar-refractivity contribution in [3.05, 3.63) is 22.3 Å². The summed E-state index contributed by atoms with van der Waals surface area (Å²) in [7, 11) is 0. The number of ether oxygens (including phenoxy) is 2. The summed E-state index contributed by atoms with van der Waals surface area (Å²) in [5.74, 6) is -0.0420. The van der Waals surface area contributed by atoms with Crippen LogP contribution in [0.15, 0.2) is 0 Å². The molecular weight excluding hydrogens is 246 g/mol. The monoisotopic (exact) mass is 263 g/mol. The summed E-state index contributed by atoms with van der Waals surface area (Å²) in [5.41, 5.74) is 9.53. The summed E-state index contributed by atoms with van der Waals surface area (Å²) in [6.45, 7) is 3.28. The maximum atomic E-state index is 11.4. The Bertz CT molecular complexity index is 518. The molecule has 0 fully saturated rings. The Morgan fingerprint density at radius 1 is 1.26 bits per heavy atom. The Balaban J connectivity index is 2.26. The molecule has 0 radical (unpaired) electrons. The van der Waals surface area contributed by atoms with Gasteiger partial charge in [0.15, 0.2) is 0 Å². The van der Waals surface area contributed by atoms with Gasteiger partial charge in [0.1, 0.15) is 11.5 Å². The molecule has 0 saturated heterocycles. The predicted octanol–water partition coefficient (Wildman–Crippen LogP) is 0.992. The van der Waals surface area contributed by atoms with Crippen LogP contribution in [0.2, 0.25) is 0 Å². The lowest BCUT2D eigenvalue weighted by Crippen LogP contribution is -2.23. The van der Waals surface area contributed by atoms with Crippen LogP contribution in [0.5, 0.6) is 11.5 Å². The summed E-state index contributed by atoms with van der Waals surface area (Å²) in [6.07, 6.45) is 1.54. The second-order valence-electron chi connectivity index (χ2n) is 4.98. The molecule has 5 nitrogen and oxygen atoms in total. The van der Waals surface area contributed by atoms with E-state index in [0.29, 0.717) is 13.2 Å². The van der Waals surface area contributed by atoms with Gasteiger partial charge in [-0.3, -0.25) is 4.79 Å². The second-order valence-corrected chi connectivity index (χ2v) is 4.98. The van der Waals surface area contributed by atoms with Gasteiger partial charge >= 0.3 is 5.97 Å². The predicted molar refractivity (Wildman–Crippen MR) is 69.0 cm³/mol. The highest BCUT2D eigenvalue weighted by Crippen LogP contribution is 2.46. The fraction of sp³-hybridized carbons (Fsp3) is 0.500. The molecule has 102 valence electrons. The summed E-state index contributed by atoms with van der Waals surface area (Å²) < 4.78 is 11.4. The standard InChI is InChI=1S/C14H17NO4/c1-7-8-2-4-19-13(8)11(10(6-15)14(16)17)9-3-5-18-12(7)9/h10H,2-6,15H2,1H3,(H,16,17). The van der Waals surface area contributed by atoms with Crippen molar-refractivity contribution in [1.82, 2.24) is 0 Å². The minimum absolute atomic E-state index is 0.0701.